The van der Waals surface area contributed by atoms with Crippen LogP contribution >= 0.6 is 0 Å². The minimum atomic E-state index is -1.04. The second-order valence-electron chi connectivity index (χ2n) is 5.70. The zero-order valence-electron chi connectivity index (χ0n) is 14.5. The highest BCUT2D eigenvalue weighted by Crippen LogP contribution is 2.05. The molecule has 0 bridgehead atoms. The van der Waals surface area contributed by atoms with Gasteiger partial charge in [-0.05, 0) is 39.9 Å². The molecule has 0 unspecified atom stereocenters. The average molecular weight is 355 g/mol. The maximum absolute atomic E-state index is 12.0. The van der Waals surface area contributed by atoms with E-state index < -0.39 is 36.4 Å². The largest absolute Gasteiger partial charge is 0.414 e. The van der Waals surface area contributed by atoms with Gasteiger partial charge in [-0.25, -0.2) is 0 Å². The van der Waals surface area contributed by atoms with E-state index in [2.05, 4.69) is 10.6 Å². The first-order valence-corrected chi connectivity index (χ1v) is 7.80. The summed E-state index contributed by atoms with van der Waals surface area (Å²) in [6.45, 7) is 0.432. The summed E-state index contributed by atoms with van der Waals surface area (Å²) < 4.78 is 4.73. The number of ether oxygens (including phenoxy) is 1. The number of amides is 3. The van der Waals surface area contributed by atoms with Crippen LogP contribution in [0, 0.1) is 11.5 Å². The highest BCUT2D eigenvalue weighted by atomic mass is 16.5. The Hall–Kier alpha value is -2.67. The molecule has 0 aliphatic heterocycles. The van der Waals surface area contributed by atoms with Crippen LogP contribution in [0.1, 0.15) is 25.7 Å². The smallest absolute Gasteiger partial charge is 0.287 e. The zero-order valence-corrected chi connectivity index (χ0v) is 14.5. The number of carbonyl (C=O) groups excluding carboxylic acids is 4. The van der Waals surface area contributed by atoms with E-state index in [0.717, 1.165) is 13.0 Å². The van der Waals surface area contributed by atoms with Crippen molar-refractivity contribution in [1.29, 1.82) is 5.26 Å². The lowest BCUT2D eigenvalue weighted by Crippen LogP contribution is -2.46. The van der Waals surface area contributed by atoms with Crippen molar-refractivity contribution in [2.45, 2.75) is 37.8 Å². The summed E-state index contributed by atoms with van der Waals surface area (Å²) in [7, 11) is 3.86. The molecule has 0 spiro atoms. The maximum Gasteiger partial charge on any atom is 0.287 e. The zero-order chi connectivity index (χ0) is 19.2. The van der Waals surface area contributed by atoms with Gasteiger partial charge in [0.05, 0.1) is 19.0 Å². The number of hydrogen-bond donors (Lipinski definition) is 3. The van der Waals surface area contributed by atoms with E-state index in [9.17, 15) is 19.2 Å². The molecule has 4 N–H and O–H groups in total. The number of nitriles is 1. The van der Waals surface area contributed by atoms with Crippen molar-refractivity contribution in [3.63, 3.8) is 0 Å². The van der Waals surface area contributed by atoms with Gasteiger partial charge in [0.25, 0.3) is 12.2 Å². The predicted octanol–water partition coefficient (Wildman–Crippen LogP) is -1.74. The minimum absolute atomic E-state index is 0.324. The lowest BCUT2D eigenvalue weighted by molar-refractivity contribution is -0.132. The second-order valence-corrected chi connectivity index (χ2v) is 5.70. The Kier molecular flexibility index (Phi) is 11.4. The van der Waals surface area contributed by atoms with Gasteiger partial charge in [0.1, 0.15) is 6.29 Å². The van der Waals surface area contributed by atoms with Crippen LogP contribution < -0.4 is 16.4 Å². The SMILES string of the molecule is CN(C)CCCC[C@H](OC#N)C(=O)NCC(=O)N[C@H](C=O)CC(N)=O. The molecular weight excluding hydrogens is 330 g/mol. The van der Waals surface area contributed by atoms with Crippen LogP contribution in [0.15, 0.2) is 0 Å². The van der Waals surface area contributed by atoms with Gasteiger partial charge < -0.3 is 30.8 Å². The van der Waals surface area contributed by atoms with Gasteiger partial charge in [-0.3, -0.25) is 14.4 Å². The Balaban J connectivity index is 4.31. The molecule has 2 atom stereocenters. The van der Waals surface area contributed by atoms with E-state index in [1.807, 2.05) is 19.0 Å². The molecule has 0 rings (SSSR count). The fraction of sp³-hybridized carbons (Fsp3) is 0.667. The van der Waals surface area contributed by atoms with E-state index in [1.165, 1.54) is 6.26 Å². The highest BCUT2D eigenvalue weighted by Gasteiger charge is 2.21. The lowest BCUT2D eigenvalue weighted by Gasteiger charge is -2.16. The van der Waals surface area contributed by atoms with Crippen LogP contribution in [-0.4, -0.2) is 68.2 Å². The number of nitrogens with one attached hydrogen (secondary N) is 2. The molecule has 140 valence electrons. The quantitative estimate of drug-likeness (QED) is 0.201. The van der Waals surface area contributed by atoms with E-state index >= 15 is 0 Å². The van der Waals surface area contributed by atoms with Crippen molar-refractivity contribution in [2.24, 2.45) is 5.73 Å². The van der Waals surface area contributed by atoms with E-state index in [4.69, 9.17) is 15.7 Å². The topological polar surface area (TPSA) is 155 Å². The third kappa shape index (κ3) is 11.5. The molecule has 0 heterocycles. The third-order valence-electron chi connectivity index (χ3n) is 3.16. The standard InChI is InChI=1S/C15H25N5O5/c1-20(2)6-4-3-5-12(25-10-16)15(24)18-8-14(23)19-11(9-21)7-13(17)22/h9,11-12H,3-8H2,1-2H3,(H2,17,22)(H,18,24)(H,19,23)/t11-,12-/m0/s1. The molecule has 0 saturated heterocycles. The van der Waals surface area contributed by atoms with E-state index in [-0.39, 0.29) is 6.42 Å². The van der Waals surface area contributed by atoms with Crippen LogP contribution in [0.4, 0.5) is 0 Å². The number of unbranched alkanes of at least 4 members (excludes halogenated alkanes) is 1. The number of rotatable bonds is 13. The summed E-state index contributed by atoms with van der Waals surface area (Å²) in [4.78, 5) is 47.1. The van der Waals surface area contributed by atoms with Crippen LogP contribution in [0.3, 0.4) is 0 Å². The lowest BCUT2D eigenvalue weighted by atomic mass is 10.1. The number of primary amides is 1. The molecule has 0 aromatic rings. The van der Waals surface area contributed by atoms with Crippen molar-refractivity contribution in [3.8, 4) is 6.26 Å². The Morgan fingerprint density at radius 1 is 1.32 bits per heavy atom. The maximum atomic E-state index is 12.0. The number of carbonyl (C=O) groups is 4. The van der Waals surface area contributed by atoms with Crippen LogP contribution in [0.25, 0.3) is 0 Å². The van der Waals surface area contributed by atoms with Gasteiger partial charge in [-0.15, -0.1) is 0 Å². The molecule has 3 amide bonds. The van der Waals surface area contributed by atoms with Gasteiger partial charge in [0, 0.05) is 0 Å². The number of nitrogens with two attached hydrogens (primary N) is 1. The Morgan fingerprint density at radius 3 is 2.52 bits per heavy atom. The molecular formula is C15H25N5O5. The summed E-state index contributed by atoms with van der Waals surface area (Å²) in [6.07, 6.45) is 2.41. The molecule has 10 nitrogen and oxygen atoms in total. The summed E-state index contributed by atoms with van der Waals surface area (Å²) in [5.74, 6) is -1.99. The minimum Gasteiger partial charge on any atom is -0.414 e. The highest BCUT2D eigenvalue weighted by molar-refractivity contribution is 5.89. The molecule has 0 radical (unpaired) electrons. The fourth-order valence-electron chi connectivity index (χ4n) is 1.95. The van der Waals surface area contributed by atoms with E-state index in [0.29, 0.717) is 19.1 Å². The van der Waals surface area contributed by atoms with Crippen molar-refractivity contribution in [1.82, 2.24) is 15.5 Å². The summed E-state index contributed by atoms with van der Waals surface area (Å²) in [5.41, 5.74) is 4.95. The molecule has 10 heteroatoms. The van der Waals surface area contributed by atoms with Crippen molar-refractivity contribution in [3.05, 3.63) is 0 Å². The van der Waals surface area contributed by atoms with Crippen LogP contribution in [0.2, 0.25) is 0 Å². The molecule has 0 aliphatic carbocycles. The molecule has 0 aromatic carbocycles. The molecule has 0 fully saturated rings. The summed E-state index contributed by atoms with van der Waals surface area (Å²) >= 11 is 0. The summed E-state index contributed by atoms with van der Waals surface area (Å²) in [6, 6.07) is -1.04. The monoisotopic (exact) mass is 355 g/mol. The Morgan fingerprint density at radius 2 is 2.00 bits per heavy atom. The predicted molar refractivity (Wildman–Crippen MR) is 87.7 cm³/mol. The van der Waals surface area contributed by atoms with Crippen LogP contribution in [0.5, 0.6) is 0 Å². The van der Waals surface area contributed by atoms with Gasteiger partial charge >= 0.3 is 0 Å². The molecule has 25 heavy (non-hydrogen) atoms. The fourth-order valence-corrected chi connectivity index (χ4v) is 1.95. The Bertz CT molecular complexity index is 503. The van der Waals surface area contributed by atoms with Crippen molar-refractivity contribution < 1.29 is 23.9 Å². The molecule has 0 aromatic heterocycles. The number of hydrogen-bond acceptors (Lipinski definition) is 7. The number of aldehydes is 1. The first kappa shape index (κ1) is 22.3. The van der Waals surface area contributed by atoms with E-state index in [1.54, 1.807) is 0 Å². The van der Waals surface area contributed by atoms with Gasteiger partial charge in [0.2, 0.25) is 11.8 Å². The second kappa shape index (κ2) is 12.7. The Labute approximate surface area is 146 Å². The van der Waals surface area contributed by atoms with Gasteiger partial charge in [-0.2, -0.15) is 5.26 Å². The molecule has 0 aliphatic rings. The summed E-state index contributed by atoms with van der Waals surface area (Å²) in [5, 5.41) is 13.2. The normalized spacial score (nSPS) is 12.6. The third-order valence-corrected chi connectivity index (χ3v) is 3.16. The number of nitrogens with zero attached hydrogens (tertiary/aromatic N) is 2. The van der Waals surface area contributed by atoms with Crippen molar-refractivity contribution >= 4 is 24.0 Å². The first-order chi connectivity index (χ1) is 11.8. The first-order valence-electron chi connectivity index (χ1n) is 7.80. The van der Waals surface area contributed by atoms with Gasteiger partial charge in [0.15, 0.2) is 6.10 Å². The average Bonchev–Trinajstić information content (AvgIpc) is 2.54. The van der Waals surface area contributed by atoms with Crippen molar-refractivity contribution in [2.75, 3.05) is 27.2 Å². The van der Waals surface area contributed by atoms with Gasteiger partial charge in [-0.1, -0.05) is 0 Å². The molecule has 0 saturated carbocycles. The van der Waals surface area contributed by atoms with Crippen LogP contribution in [-0.2, 0) is 23.9 Å².